The quantitative estimate of drug-likeness (QED) is 0.734. The van der Waals surface area contributed by atoms with E-state index >= 15 is 0 Å². The first-order valence-electron chi connectivity index (χ1n) is 8.49. The molecule has 1 fully saturated rings. The van der Waals surface area contributed by atoms with Gasteiger partial charge in [-0.05, 0) is 42.7 Å². The minimum Gasteiger partial charge on any atom is -0.497 e. The molecule has 1 aromatic heterocycles. The van der Waals surface area contributed by atoms with Crippen LogP contribution in [0.4, 0.5) is 5.82 Å². The van der Waals surface area contributed by atoms with E-state index in [1.807, 2.05) is 36.4 Å². The Morgan fingerprint density at radius 1 is 1.00 bits per heavy atom. The smallest absolute Gasteiger partial charge is 0.137 e. The van der Waals surface area contributed by atoms with Crippen LogP contribution in [-0.2, 0) is 6.54 Å². The molecule has 4 rings (SSSR count). The predicted molar refractivity (Wildman–Crippen MR) is 98.4 cm³/mol. The van der Waals surface area contributed by atoms with Gasteiger partial charge in [-0.2, -0.15) is 0 Å². The van der Waals surface area contributed by atoms with Crippen molar-refractivity contribution in [2.24, 2.45) is 0 Å². The first-order valence-corrected chi connectivity index (χ1v) is 8.49. The molecule has 1 heterocycles. The Morgan fingerprint density at radius 3 is 2.40 bits per heavy atom. The van der Waals surface area contributed by atoms with Crippen LogP contribution in [0.1, 0.15) is 30.1 Å². The molecule has 0 bridgehead atoms. The van der Waals surface area contributed by atoms with Gasteiger partial charge in [0.15, 0.2) is 0 Å². The number of benzene rings is 2. The maximum absolute atomic E-state index is 5.35. The number of hydrogen-bond donors (Lipinski definition) is 1. The minimum atomic E-state index is 0.516. The van der Waals surface area contributed by atoms with Crippen LogP contribution in [0.3, 0.4) is 0 Å². The number of ether oxygens (including phenoxy) is 2. The number of nitrogens with one attached hydrogen (secondary N) is 1. The highest BCUT2D eigenvalue weighted by atomic mass is 16.5. The number of aromatic nitrogens is 2. The van der Waals surface area contributed by atoms with Crippen molar-refractivity contribution < 1.29 is 9.47 Å². The predicted octanol–water partition coefficient (Wildman–Crippen LogP) is 4.14. The normalized spacial score (nSPS) is 13.7. The van der Waals surface area contributed by atoms with Crippen molar-refractivity contribution in [3.8, 4) is 11.5 Å². The van der Waals surface area contributed by atoms with Crippen LogP contribution in [0.15, 0.2) is 42.5 Å². The Morgan fingerprint density at radius 2 is 1.72 bits per heavy atom. The molecule has 1 N–H and O–H groups in total. The van der Waals surface area contributed by atoms with Crippen molar-refractivity contribution in [2.75, 3.05) is 19.5 Å². The number of para-hydroxylation sites is 1. The number of rotatable bonds is 6. The Labute approximate surface area is 147 Å². The lowest BCUT2D eigenvalue weighted by atomic mass is 10.2. The second-order valence-corrected chi connectivity index (χ2v) is 6.30. The van der Waals surface area contributed by atoms with Crippen molar-refractivity contribution in [3.05, 3.63) is 53.9 Å². The molecule has 0 atom stereocenters. The molecule has 1 saturated carbocycles. The van der Waals surface area contributed by atoms with E-state index in [1.54, 1.807) is 14.2 Å². The van der Waals surface area contributed by atoms with Gasteiger partial charge in [-0.1, -0.05) is 12.1 Å². The SMILES string of the molecule is COc1cc(CNc2nc(C3CC3)nc3ccccc23)cc(OC)c1. The summed E-state index contributed by atoms with van der Waals surface area (Å²) >= 11 is 0. The summed E-state index contributed by atoms with van der Waals surface area (Å²) in [6.07, 6.45) is 2.37. The van der Waals surface area contributed by atoms with E-state index in [9.17, 15) is 0 Å². The number of fused-ring (bicyclic) bond motifs is 1. The molecule has 128 valence electrons. The van der Waals surface area contributed by atoms with Crippen LogP contribution < -0.4 is 14.8 Å². The summed E-state index contributed by atoms with van der Waals surface area (Å²) in [5.74, 6) is 3.91. The van der Waals surface area contributed by atoms with Crippen LogP contribution in [0.25, 0.3) is 10.9 Å². The van der Waals surface area contributed by atoms with Crippen molar-refractivity contribution in [2.45, 2.75) is 25.3 Å². The molecule has 5 nitrogen and oxygen atoms in total. The maximum Gasteiger partial charge on any atom is 0.137 e. The Balaban J connectivity index is 1.64. The molecular formula is C20H21N3O2. The third-order valence-corrected chi connectivity index (χ3v) is 4.43. The van der Waals surface area contributed by atoms with Gasteiger partial charge in [-0.15, -0.1) is 0 Å². The molecule has 25 heavy (non-hydrogen) atoms. The summed E-state index contributed by atoms with van der Waals surface area (Å²) < 4.78 is 10.7. The first kappa shape index (κ1) is 15.7. The van der Waals surface area contributed by atoms with Gasteiger partial charge in [0.2, 0.25) is 0 Å². The van der Waals surface area contributed by atoms with Crippen LogP contribution in [0, 0.1) is 0 Å². The van der Waals surface area contributed by atoms with Crippen LogP contribution in [0.5, 0.6) is 11.5 Å². The number of nitrogens with zero attached hydrogens (tertiary/aromatic N) is 2. The summed E-state index contributed by atoms with van der Waals surface area (Å²) in [6.45, 7) is 0.638. The van der Waals surface area contributed by atoms with E-state index in [-0.39, 0.29) is 0 Å². The summed E-state index contributed by atoms with van der Waals surface area (Å²) in [6, 6.07) is 14.0. The highest BCUT2D eigenvalue weighted by molar-refractivity contribution is 5.89. The molecule has 1 aliphatic carbocycles. The zero-order valence-electron chi connectivity index (χ0n) is 14.5. The monoisotopic (exact) mass is 335 g/mol. The maximum atomic E-state index is 5.35. The zero-order chi connectivity index (χ0) is 17.2. The van der Waals surface area contributed by atoms with Gasteiger partial charge in [0.05, 0.1) is 19.7 Å². The molecule has 5 heteroatoms. The van der Waals surface area contributed by atoms with E-state index < -0.39 is 0 Å². The third-order valence-electron chi connectivity index (χ3n) is 4.43. The molecule has 1 aliphatic rings. The molecule has 2 aromatic carbocycles. The van der Waals surface area contributed by atoms with Crippen molar-refractivity contribution in [1.82, 2.24) is 9.97 Å². The second-order valence-electron chi connectivity index (χ2n) is 6.30. The molecule has 0 unspecified atom stereocenters. The average Bonchev–Trinajstić information content (AvgIpc) is 3.50. The van der Waals surface area contributed by atoms with Crippen LogP contribution >= 0.6 is 0 Å². The number of methoxy groups -OCH3 is 2. The van der Waals surface area contributed by atoms with E-state index in [2.05, 4.69) is 11.4 Å². The van der Waals surface area contributed by atoms with Crippen molar-refractivity contribution >= 4 is 16.7 Å². The lowest BCUT2D eigenvalue weighted by Crippen LogP contribution is -2.05. The van der Waals surface area contributed by atoms with Gasteiger partial charge in [0.25, 0.3) is 0 Å². The van der Waals surface area contributed by atoms with Gasteiger partial charge in [0.1, 0.15) is 23.1 Å². The van der Waals surface area contributed by atoms with Gasteiger partial charge >= 0.3 is 0 Å². The number of anilines is 1. The van der Waals surface area contributed by atoms with E-state index in [1.165, 1.54) is 12.8 Å². The lowest BCUT2D eigenvalue weighted by molar-refractivity contribution is 0.393. The Hall–Kier alpha value is -2.82. The van der Waals surface area contributed by atoms with Crippen LogP contribution in [-0.4, -0.2) is 24.2 Å². The minimum absolute atomic E-state index is 0.516. The Kier molecular flexibility index (Phi) is 4.14. The van der Waals surface area contributed by atoms with Crippen molar-refractivity contribution in [3.63, 3.8) is 0 Å². The van der Waals surface area contributed by atoms with E-state index in [0.29, 0.717) is 12.5 Å². The third kappa shape index (κ3) is 3.36. The van der Waals surface area contributed by atoms with Gasteiger partial charge < -0.3 is 14.8 Å². The summed E-state index contributed by atoms with van der Waals surface area (Å²) in [5, 5.41) is 4.51. The zero-order valence-corrected chi connectivity index (χ0v) is 14.5. The summed E-state index contributed by atoms with van der Waals surface area (Å²) in [7, 11) is 3.32. The fraction of sp³-hybridized carbons (Fsp3) is 0.300. The fourth-order valence-corrected chi connectivity index (χ4v) is 2.91. The largest absolute Gasteiger partial charge is 0.497 e. The Bertz CT molecular complexity index is 884. The molecule has 0 radical (unpaired) electrons. The molecule has 0 aliphatic heterocycles. The molecule has 0 amide bonds. The lowest BCUT2D eigenvalue weighted by Gasteiger charge is -2.12. The topological polar surface area (TPSA) is 56.3 Å². The van der Waals surface area contributed by atoms with E-state index in [0.717, 1.165) is 39.6 Å². The molecule has 0 spiro atoms. The van der Waals surface area contributed by atoms with Gasteiger partial charge in [-0.3, -0.25) is 0 Å². The van der Waals surface area contributed by atoms with E-state index in [4.69, 9.17) is 19.4 Å². The van der Waals surface area contributed by atoms with Gasteiger partial charge in [-0.25, -0.2) is 9.97 Å². The first-order chi connectivity index (χ1) is 12.3. The second kappa shape index (κ2) is 6.59. The molecule has 0 saturated heterocycles. The fourth-order valence-electron chi connectivity index (χ4n) is 2.91. The standard InChI is InChI=1S/C20H21N3O2/c1-24-15-9-13(10-16(11-15)25-2)12-21-20-17-5-3-4-6-18(17)22-19(23-20)14-7-8-14/h3-6,9-11,14H,7-8,12H2,1-2H3,(H,21,22,23). The van der Waals surface area contributed by atoms with Gasteiger partial charge in [0, 0.05) is 23.9 Å². The van der Waals surface area contributed by atoms with Crippen LogP contribution in [0.2, 0.25) is 0 Å². The summed E-state index contributed by atoms with van der Waals surface area (Å²) in [5.41, 5.74) is 2.07. The number of hydrogen-bond acceptors (Lipinski definition) is 5. The highest BCUT2D eigenvalue weighted by Gasteiger charge is 2.27. The summed E-state index contributed by atoms with van der Waals surface area (Å²) in [4.78, 5) is 9.49. The highest BCUT2D eigenvalue weighted by Crippen LogP contribution is 2.39. The molecular weight excluding hydrogens is 314 g/mol. The average molecular weight is 335 g/mol. The van der Waals surface area contributed by atoms with Crippen molar-refractivity contribution in [1.29, 1.82) is 0 Å². The molecule has 3 aromatic rings.